The van der Waals surface area contributed by atoms with E-state index in [4.69, 9.17) is 5.73 Å². The van der Waals surface area contributed by atoms with Gasteiger partial charge in [0.15, 0.2) is 0 Å². The standard InChI is InChI=1S/C21H27N3O2/c1-15(2)13-18(22)21(26)23-14-19(25)24-20(16-9-5-3-6-10-16)17-11-7-4-8-12-17/h3-12,15,18,20H,13-14,22H2,1-2H3,(H,23,26)(H,24,25)/t18-/m0/s1. The smallest absolute Gasteiger partial charge is 0.240 e. The second kappa shape index (κ2) is 9.73. The molecule has 2 rings (SSSR count). The maximum atomic E-state index is 12.4. The fourth-order valence-electron chi connectivity index (χ4n) is 2.78. The van der Waals surface area contributed by atoms with Gasteiger partial charge in [-0.1, -0.05) is 74.5 Å². The van der Waals surface area contributed by atoms with Crippen LogP contribution in [0.4, 0.5) is 0 Å². The molecule has 0 fully saturated rings. The van der Waals surface area contributed by atoms with E-state index in [1.165, 1.54) is 0 Å². The number of amides is 2. The lowest BCUT2D eigenvalue weighted by atomic mass is 9.99. The van der Waals surface area contributed by atoms with E-state index in [1.807, 2.05) is 74.5 Å². The first-order valence-electron chi connectivity index (χ1n) is 8.90. The van der Waals surface area contributed by atoms with E-state index in [0.29, 0.717) is 12.3 Å². The average molecular weight is 353 g/mol. The molecule has 0 aliphatic rings. The van der Waals surface area contributed by atoms with Crippen molar-refractivity contribution in [3.63, 3.8) is 0 Å². The zero-order chi connectivity index (χ0) is 18.9. The molecule has 0 radical (unpaired) electrons. The highest BCUT2D eigenvalue weighted by molar-refractivity contribution is 5.87. The lowest BCUT2D eigenvalue weighted by molar-refractivity contribution is -0.127. The number of benzene rings is 2. The molecule has 0 bridgehead atoms. The molecule has 0 unspecified atom stereocenters. The van der Waals surface area contributed by atoms with Gasteiger partial charge in [0.05, 0.1) is 18.6 Å². The van der Waals surface area contributed by atoms with Crippen LogP contribution in [0.25, 0.3) is 0 Å². The summed E-state index contributed by atoms with van der Waals surface area (Å²) in [6.07, 6.45) is 0.587. The quantitative estimate of drug-likeness (QED) is 0.681. The second-order valence-corrected chi connectivity index (χ2v) is 6.78. The fourth-order valence-corrected chi connectivity index (χ4v) is 2.78. The molecule has 0 heterocycles. The molecule has 26 heavy (non-hydrogen) atoms. The van der Waals surface area contributed by atoms with E-state index in [1.54, 1.807) is 0 Å². The number of hydrogen-bond acceptors (Lipinski definition) is 3. The highest BCUT2D eigenvalue weighted by Gasteiger charge is 2.19. The average Bonchev–Trinajstić information content (AvgIpc) is 2.65. The summed E-state index contributed by atoms with van der Waals surface area (Å²) in [7, 11) is 0. The van der Waals surface area contributed by atoms with Gasteiger partial charge in [-0.3, -0.25) is 9.59 Å². The first-order valence-corrected chi connectivity index (χ1v) is 8.90. The van der Waals surface area contributed by atoms with Crippen LogP contribution >= 0.6 is 0 Å². The number of carbonyl (C=O) groups excluding carboxylic acids is 2. The fraction of sp³-hybridized carbons (Fsp3) is 0.333. The largest absolute Gasteiger partial charge is 0.346 e. The molecule has 5 heteroatoms. The lowest BCUT2D eigenvalue weighted by Gasteiger charge is -2.20. The van der Waals surface area contributed by atoms with Gasteiger partial charge in [-0.2, -0.15) is 0 Å². The van der Waals surface area contributed by atoms with Crippen molar-refractivity contribution in [3.05, 3.63) is 71.8 Å². The maximum Gasteiger partial charge on any atom is 0.240 e. The Morgan fingerprint density at radius 3 is 1.88 bits per heavy atom. The Kier molecular flexibility index (Phi) is 7.36. The molecule has 1 atom stereocenters. The molecule has 0 aromatic heterocycles. The van der Waals surface area contributed by atoms with Gasteiger partial charge in [-0.05, 0) is 23.5 Å². The van der Waals surface area contributed by atoms with Crippen LogP contribution in [0.3, 0.4) is 0 Å². The van der Waals surface area contributed by atoms with Gasteiger partial charge in [0.2, 0.25) is 11.8 Å². The minimum absolute atomic E-state index is 0.0964. The van der Waals surface area contributed by atoms with E-state index in [0.717, 1.165) is 11.1 Å². The van der Waals surface area contributed by atoms with Crippen molar-refractivity contribution in [2.24, 2.45) is 11.7 Å². The van der Waals surface area contributed by atoms with Gasteiger partial charge in [0.25, 0.3) is 0 Å². The van der Waals surface area contributed by atoms with Crippen molar-refractivity contribution < 1.29 is 9.59 Å². The molecule has 138 valence electrons. The van der Waals surface area contributed by atoms with Gasteiger partial charge < -0.3 is 16.4 Å². The van der Waals surface area contributed by atoms with E-state index < -0.39 is 6.04 Å². The minimum Gasteiger partial charge on any atom is -0.346 e. The van der Waals surface area contributed by atoms with Crippen LogP contribution in [0, 0.1) is 5.92 Å². The molecular weight excluding hydrogens is 326 g/mol. The van der Waals surface area contributed by atoms with E-state index in [9.17, 15) is 9.59 Å². The van der Waals surface area contributed by atoms with Crippen molar-refractivity contribution in [1.82, 2.24) is 10.6 Å². The molecule has 2 amide bonds. The first-order chi connectivity index (χ1) is 12.5. The Balaban J connectivity index is 2.00. The number of rotatable bonds is 8. The second-order valence-electron chi connectivity index (χ2n) is 6.78. The van der Waals surface area contributed by atoms with Gasteiger partial charge in [0, 0.05) is 0 Å². The highest BCUT2D eigenvalue weighted by atomic mass is 16.2. The van der Waals surface area contributed by atoms with Gasteiger partial charge in [-0.15, -0.1) is 0 Å². The van der Waals surface area contributed by atoms with Gasteiger partial charge in [-0.25, -0.2) is 0 Å². The summed E-state index contributed by atoms with van der Waals surface area (Å²) in [4.78, 5) is 24.4. The number of nitrogens with one attached hydrogen (secondary N) is 2. The van der Waals surface area contributed by atoms with Crippen LogP contribution in [0.1, 0.15) is 37.4 Å². The molecule has 0 aliphatic heterocycles. The monoisotopic (exact) mass is 353 g/mol. The van der Waals surface area contributed by atoms with E-state index in [2.05, 4.69) is 10.6 Å². The van der Waals surface area contributed by atoms with Crippen molar-refractivity contribution in [3.8, 4) is 0 Å². The number of nitrogens with two attached hydrogens (primary N) is 1. The molecule has 0 aliphatic carbocycles. The van der Waals surface area contributed by atoms with Crippen LogP contribution < -0.4 is 16.4 Å². The molecular formula is C21H27N3O2. The SMILES string of the molecule is CC(C)C[C@H](N)C(=O)NCC(=O)NC(c1ccccc1)c1ccccc1. The Morgan fingerprint density at radius 1 is 0.923 bits per heavy atom. The topological polar surface area (TPSA) is 84.2 Å². The van der Waals surface area contributed by atoms with Gasteiger partial charge >= 0.3 is 0 Å². The molecule has 0 spiro atoms. The summed E-state index contributed by atoms with van der Waals surface area (Å²) in [5.41, 5.74) is 7.81. The van der Waals surface area contributed by atoms with Crippen molar-refractivity contribution in [2.75, 3.05) is 6.54 Å². The first kappa shape index (κ1) is 19.7. The summed E-state index contributed by atoms with van der Waals surface area (Å²) in [6.45, 7) is 3.91. The molecule has 2 aromatic carbocycles. The lowest BCUT2D eigenvalue weighted by Crippen LogP contribution is -2.46. The molecule has 0 saturated carbocycles. The van der Waals surface area contributed by atoms with E-state index >= 15 is 0 Å². The number of carbonyl (C=O) groups is 2. The predicted octanol–water partition coefficient (Wildman–Crippen LogP) is 2.38. The van der Waals surface area contributed by atoms with Crippen LogP contribution in [-0.4, -0.2) is 24.4 Å². The Hall–Kier alpha value is -2.66. The predicted molar refractivity (Wildman–Crippen MR) is 103 cm³/mol. The van der Waals surface area contributed by atoms with Crippen LogP contribution in [0.15, 0.2) is 60.7 Å². The Labute approximate surface area is 155 Å². The summed E-state index contributed by atoms with van der Waals surface area (Å²) in [6, 6.07) is 18.6. The van der Waals surface area contributed by atoms with E-state index in [-0.39, 0.29) is 24.4 Å². The zero-order valence-corrected chi connectivity index (χ0v) is 15.3. The molecule has 2 aromatic rings. The summed E-state index contributed by atoms with van der Waals surface area (Å²) >= 11 is 0. The van der Waals surface area contributed by atoms with Crippen molar-refractivity contribution in [1.29, 1.82) is 0 Å². The third-order valence-corrected chi connectivity index (χ3v) is 4.06. The third-order valence-electron chi connectivity index (χ3n) is 4.06. The summed E-state index contributed by atoms with van der Waals surface area (Å²) in [5, 5.41) is 5.61. The van der Waals surface area contributed by atoms with Crippen LogP contribution in [0.2, 0.25) is 0 Å². The number of hydrogen-bond donors (Lipinski definition) is 3. The molecule has 0 saturated heterocycles. The molecule has 5 nitrogen and oxygen atoms in total. The van der Waals surface area contributed by atoms with Crippen molar-refractivity contribution >= 4 is 11.8 Å². The highest BCUT2D eigenvalue weighted by Crippen LogP contribution is 2.21. The Morgan fingerprint density at radius 2 is 1.42 bits per heavy atom. The van der Waals surface area contributed by atoms with Crippen LogP contribution in [-0.2, 0) is 9.59 Å². The Bertz CT molecular complexity index is 662. The summed E-state index contributed by atoms with van der Waals surface area (Å²) < 4.78 is 0. The van der Waals surface area contributed by atoms with Crippen molar-refractivity contribution in [2.45, 2.75) is 32.4 Å². The third kappa shape index (κ3) is 6.01. The van der Waals surface area contributed by atoms with Gasteiger partial charge in [0.1, 0.15) is 0 Å². The summed E-state index contributed by atoms with van der Waals surface area (Å²) in [5.74, 6) is -0.234. The molecule has 4 N–H and O–H groups in total. The van der Waals surface area contributed by atoms with Crippen LogP contribution in [0.5, 0.6) is 0 Å². The minimum atomic E-state index is -0.596. The zero-order valence-electron chi connectivity index (χ0n) is 15.3. The normalized spacial score (nSPS) is 12.0. The maximum absolute atomic E-state index is 12.4.